The molecule has 0 fully saturated rings. The van der Waals surface area contributed by atoms with Crippen LogP contribution in [0.5, 0.6) is 0 Å². The van der Waals surface area contributed by atoms with E-state index in [0.717, 1.165) is 12.8 Å². The highest BCUT2D eigenvalue weighted by Gasteiger charge is 2.45. The molecule has 3 heteroatoms. The number of fused-ring (bicyclic) bond motifs is 5. The fourth-order valence-electron chi connectivity index (χ4n) is 9.95. The first-order valence-electron chi connectivity index (χ1n) is 22.6. The van der Waals surface area contributed by atoms with Crippen molar-refractivity contribution in [2.75, 3.05) is 9.80 Å². The number of benzene rings is 6. The molecule has 306 valence electrons. The zero-order valence-corrected chi connectivity index (χ0v) is 38.7. The Hall–Kier alpha value is -5.02. The molecule has 3 aliphatic rings. The van der Waals surface area contributed by atoms with Gasteiger partial charge in [-0.3, -0.25) is 0 Å². The average molecular weight is 789 g/mol. The molecule has 0 amide bonds. The molecule has 2 aliphatic heterocycles. The van der Waals surface area contributed by atoms with Gasteiger partial charge in [0.25, 0.3) is 6.71 Å². The van der Waals surface area contributed by atoms with Gasteiger partial charge in [-0.05, 0) is 169 Å². The quantitative estimate of drug-likeness (QED) is 0.165. The highest BCUT2D eigenvalue weighted by Crippen LogP contribution is 2.48. The summed E-state index contributed by atoms with van der Waals surface area (Å²) in [6.07, 6.45) is 4.80. The van der Waals surface area contributed by atoms with E-state index >= 15 is 0 Å². The molecule has 2 heterocycles. The standard InChI is InChI=1S/C57H65BN2/c1-36-25-51-53-52(26-36)60(46-34-43(56(8,9)10)31-44(35-46)57(11,12)13)50-29-39-22-18-17-21-38(39)27-48(50)58(53)47-28-40(37-19-15-14-16-20-37)23-24-49(47)59(51)45-32-41(54(2,3)4)30-42(33-45)55(5,6)7/h14-16,19-20,23-35H,17-18,21-22H2,1-13H3. The van der Waals surface area contributed by atoms with Crippen LogP contribution in [0.25, 0.3) is 11.1 Å². The summed E-state index contributed by atoms with van der Waals surface area (Å²) < 4.78 is 0. The second-order valence-corrected chi connectivity index (χ2v) is 22.4. The van der Waals surface area contributed by atoms with Crippen molar-refractivity contribution in [3.05, 3.63) is 148 Å². The van der Waals surface area contributed by atoms with Gasteiger partial charge in [0.1, 0.15) is 0 Å². The molecule has 2 nitrogen and oxygen atoms in total. The number of aryl methyl sites for hydroxylation is 3. The lowest BCUT2D eigenvalue weighted by molar-refractivity contribution is 0.568. The Bertz CT molecular complexity index is 2590. The lowest BCUT2D eigenvalue weighted by Gasteiger charge is -2.45. The van der Waals surface area contributed by atoms with Crippen LogP contribution >= 0.6 is 0 Å². The van der Waals surface area contributed by atoms with E-state index in [1.54, 1.807) is 0 Å². The normalized spacial score (nSPS) is 15.1. The van der Waals surface area contributed by atoms with Gasteiger partial charge in [-0.25, -0.2) is 0 Å². The van der Waals surface area contributed by atoms with Gasteiger partial charge >= 0.3 is 0 Å². The van der Waals surface area contributed by atoms with E-state index in [9.17, 15) is 0 Å². The van der Waals surface area contributed by atoms with Crippen molar-refractivity contribution in [1.29, 1.82) is 0 Å². The summed E-state index contributed by atoms with van der Waals surface area (Å²) in [7, 11) is 0. The molecule has 60 heavy (non-hydrogen) atoms. The minimum atomic E-state index is -0.0158. The lowest BCUT2D eigenvalue weighted by atomic mass is 9.33. The maximum atomic E-state index is 2.67. The van der Waals surface area contributed by atoms with Crippen molar-refractivity contribution in [2.45, 2.75) is 137 Å². The number of hydrogen-bond donors (Lipinski definition) is 0. The van der Waals surface area contributed by atoms with Gasteiger partial charge in [0.05, 0.1) is 0 Å². The van der Waals surface area contributed by atoms with Crippen LogP contribution in [0.15, 0.2) is 109 Å². The molecule has 0 aromatic heterocycles. The molecule has 1 aliphatic carbocycles. The van der Waals surface area contributed by atoms with E-state index in [1.165, 1.54) is 113 Å². The minimum Gasteiger partial charge on any atom is -0.311 e. The fraction of sp³-hybridized carbons (Fsp3) is 0.368. The zero-order chi connectivity index (χ0) is 42.7. The van der Waals surface area contributed by atoms with Gasteiger partial charge in [0.2, 0.25) is 0 Å². The second kappa shape index (κ2) is 14.0. The van der Waals surface area contributed by atoms with Crippen molar-refractivity contribution >= 4 is 57.2 Å². The monoisotopic (exact) mass is 789 g/mol. The number of anilines is 6. The van der Waals surface area contributed by atoms with Crippen LogP contribution < -0.4 is 26.2 Å². The SMILES string of the molecule is Cc1cc2c3c(c1)N(c1cc(C(C)(C)C)cc(C(C)(C)C)c1)c1cc4c(cc1B3c1cc(-c3ccccc3)ccc1N2c1cc(C(C)(C)C)cc(C(C)(C)C)c1)CCCC4. The van der Waals surface area contributed by atoms with Gasteiger partial charge in [0.15, 0.2) is 0 Å². The Morgan fingerprint density at radius 3 is 1.35 bits per heavy atom. The van der Waals surface area contributed by atoms with Gasteiger partial charge in [-0.1, -0.05) is 144 Å². The third kappa shape index (κ3) is 7.00. The van der Waals surface area contributed by atoms with Crippen LogP contribution in [0.4, 0.5) is 34.1 Å². The third-order valence-electron chi connectivity index (χ3n) is 13.6. The molecule has 9 rings (SSSR count). The number of hydrogen-bond acceptors (Lipinski definition) is 2. The Morgan fingerprint density at radius 1 is 0.417 bits per heavy atom. The van der Waals surface area contributed by atoms with E-state index in [-0.39, 0.29) is 28.4 Å². The van der Waals surface area contributed by atoms with Crippen molar-refractivity contribution in [3.8, 4) is 11.1 Å². The summed E-state index contributed by atoms with van der Waals surface area (Å²) in [6.45, 7) is 30.7. The highest BCUT2D eigenvalue weighted by molar-refractivity contribution is 7.00. The summed E-state index contributed by atoms with van der Waals surface area (Å²) in [6, 6.07) is 43.4. The number of rotatable bonds is 3. The predicted octanol–water partition coefficient (Wildman–Crippen LogP) is 13.8. The first-order valence-corrected chi connectivity index (χ1v) is 22.6. The van der Waals surface area contributed by atoms with Gasteiger partial charge in [-0.15, -0.1) is 0 Å². The van der Waals surface area contributed by atoms with Crippen molar-refractivity contribution in [2.24, 2.45) is 0 Å². The fourth-order valence-corrected chi connectivity index (χ4v) is 9.95. The van der Waals surface area contributed by atoms with Gasteiger partial charge < -0.3 is 9.80 Å². The van der Waals surface area contributed by atoms with Crippen LogP contribution in [0.2, 0.25) is 0 Å². The molecular formula is C57H65BN2. The first-order chi connectivity index (χ1) is 28.2. The molecular weight excluding hydrogens is 723 g/mol. The largest absolute Gasteiger partial charge is 0.311 e. The Balaban J connectivity index is 1.41. The van der Waals surface area contributed by atoms with Crippen molar-refractivity contribution in [1.82, 2.24) is 0 Å². The van der Waals surface area contributed by atoms with E-state index < -0.39 is 0 Å². The Morgan fingerprint density at radius 2 is 0.867 bits per heavy atom. The smallest absolute Gasteiger partial charge is 0.252 e. The molecule has 0 N–H and O–H groups in total. The van der Waals surface area contributed by atoms with Crippen LogP contribution in [0.3, 0.4) is 0 Å². The zero-order valence-electron chi connectivity index (χ0n) is 38.7. The summed E-state index contributed by atoms with van der Waals surface area (Å²) in [4.78, 5) is 5.30. The van der Waals surface area contributed by atoms with Crippen LogP contribution in [-0.4, -0.2) is 6.71 Å². The molecule has 6 aromatic rings. The molecule has 0 spiro atoms. The van der Waals surface area contributed by atoms with E-state index in [2.05, 4.69) is 209 Å². The van der Waals surface area contributed by atoms with Crippen molar-refractivity contribution in [3.63, 3.8) is 0 Å². The number of nitrogens with zero attached hydrogens (tertiary/aromatic N) is 2. The minimum absolute atomic E-state index is 0.00847. The first kappa shape index (κ1) is 40.4. The lowest BCUT2D eigenvalue weighted by Crippen LogP contribution is -2.61. The maximum absolute atomic E-state index is 2.67. The van der Waals surface area contributed by atoms with Gasteiger partial charge in [-0.2, -0.15) is 0 Å². The van der Waals surface area contributed by atoms with Crippen LogP contribution in [0, 0.1) is 6.92 Å². The Labute approximate surface area is 362 Å². The van der Waals surface area contributed by atoms with Crippen LogP contribution in [-0.2, 0) is 34.5 Å². The third-order valence-corrected chi connectivity index (χ3v) is 13.6. The summed E-state index contributed by atoms with van der Waals surface area (Å²) in [5.41, 5.74) is 24.2. The second-order valence-electron chi connectivity index (χ2n) is 22.4. The Kier molecular flexibility index (Phi) is 9.44. The highest BCUT2D eigenvalue weighted by atomic mass is 15.2. The van der Waals surface area contributed by atoms with E-state index in [1.807, 2.05) is 0 Å². The molecule has 0 saturated heterocycles. The predicted molar refractivity (Wildman–Crippen MR) is 262 cm³/mol. The maximum Gasteiger partial charge on any atom is 0.252 e. The summed E-state index contributed by atoms with van der Waals surface area (Å²) >= 11 is 0. The van der Waals surface area contributed by atoms with Gasteiger partial charge in [0, 0.05) is 34.1 Å². The summed E-state index contributed by atoms with van der Waals surface area (Å²) in [5.74, 6) is 0. The molecule has 0 bridgehead atoms. The molecule has 0 unspecified atom stereocenters. The average Bonchev–Trinajstić information content (AvgIpc) is 3.18. The molecule has 0 saturated carbocycles. The van der Waals surface area contributed by atoms with E-state index in [4.69, 9.17) is 0 Å². The molecule has 6 aromatic carbocycles. The summed E-state index contributed by atoms with van der Waals surface area (Å²) in [5, 5.41) is 0. The molecule has 0 atom stereocenters. The van der Waals surface area contributed by atoms with Crippen molar-refractivity contribution < 1.29 is 0 Å². The topological polar surface area (TPSA) is 6.48 Å². The molecule has 0 radical (unpaired) electrons. The van der Waals surface area contributed by atoms with Crippen LogP contribution in [0.1, 0.15) is 135 Å². The van der Waals surface area contributed by atoms with E-state index in [0.29, 0.717) is 0 Å².